The number of benzene rings is 1. The summed E-state index contributed by atoms with van der Waals surface area (Å²) in [5.41, 5.74) is 3.46. The van der Waals surface area contributed by atoms with Gasteiger partial charge in [-0.3, -0.25) is 5.84 Å². The molecule has 100 valence electrons. The lowest BCUT2D eigenvalue weighted by Gasteiger charge is -2.20. The summed E-state index contributed by atoms with van der Waals surface area (Å²) in [7, 11) is 3.19. The SMILES string of the molecule is COc1cccc(OC)c1C(NN)c1ncccn1. The summed E-state index contributed by atoms with van der Waals surface area (Å²) < 4.78 is 10.7. The largest absolute Gasteiger partial charge is 0.496 e. The molecular formula is C13H16N4O2. The van der Waals surface area contributed by atoms with Gasteiger partial charge in [-0.2, -0.15) is 0 Å². The van der Waals surface area contributed by atoms with Crippen molar-refractivity contribution in [1.29, 1.82) is 0 Å². The van der Waals surface area contributed by atoms with Gasteiger partial charge in [-0.25, -0.2) is 15.4 Å². The van der Waals surface area contributed by atoms with E-state index in [1.807, 2.05) is 18.2 Å². The Labute approximate surface area is 111 Å². The second-order valence-corrected chi connectivity index (χ2v) is 3.78. The topological polar surface area (TPSA) is 82.3 Å². The molecule has 3 N–H and O–H groups in total. The first-order valence-electron chi connectivity index (χ1n) is 5.75. The highest BCUT2D eigenvalue weighted by atomic mass is 16.5. The highest BCUT2D eigenvalue weighted by Gasteiger charge is 2.23. The van der Waals surface area contributed by atoms with Crippen LogP contribution in [-0.4, -0.2) is 24.2 Å². The summed E-state index contributed by atoms with van der Waals surface area (Å²) in [6.45, 7) is 0. The van der Waals surface area contributed by atoms with Crippen LogP contribution >= 0.6 is 0 Å². The van der Waals surface area contributed by atoms with Gasteiger partial charge in [0.1, 0.15) is 17.5 Å². The van der Waals surface area contributed by atoms with Crippen LogP contribution < -0.4 is 20.7 Å². The molecule has 0 aliphatic rings. The molecule has 2 rings (SSSR count). The molecule has 0 spiro atoms. The third-order valence-electron chi connectivity index (χ3n) is 2.77. The number of rotatable bonds is 5. The van der Waals surface area contributed by atoms with Crippen molar-refractivity contribution in [3.63, 3.8) is 0 Å². The Morgan fingerprint density at radius 1 is 1.05 bits per heavy atom. The van der Waals surface area contributed by atoms with Crippen molar-refractivity contribution in [3.05, 3.63) is 48.0 Å². The molecule has 0 bridgehead atoms. The maximum Gasteiger partial charge on any atom is 0.151 e. The lowest BCUT2D eigenvalue weighted by Crippen LogP contribution is -2.30. The molecule has 1 heterocycles. The van der Waals surface area contributed by atoms with Crippen molar-refractivity contribution in [1.82, 2.24) is 15.4 Å². The predicted molar refractivity (Wildman–Crippen MR) is 70.7 cm³/mol. The molecule has 2 aromatic rings. The number of nitrogens with two attached hydrogens (primary N) is 1. The van der Waals surface area contributed by atoms with Gasteiger partial charge in [0.15, 0.2) is 5.82 Å². The summed E-state index contributed by atoms with van der Waals surface area (Å²) >= 11 is 0. The zero-order valence-corrected chi connectivity index (χ0v) is 10.8. The molecule has 6 nitrogen and oxygen atoms in total. The Balaban J connectivity index is 2.54. The lowest BCUT2D eigenvalue weighted by molar-refractivity contribution is 0.375. The minimum atomic E-state index is -0.410. The van der Waals surface area contributed by atoms with Gasteiger partial charge in [0.25, 0.3) is 0 Å². The van der Waals surface area contributed by atoms with Crippen LogP contribution in [0.15, 0.2) is 36.7 Å². The van der Waals surface area contributed by atoms with Crippen LogP contribution in [0.25, 0.3) is 0 Å². The molecule has 0 amide bonds. The second kappa shape index (κ2) is 6.12. The van der Waals surface area contributed by atoms with Crippen LogP contribution in [0.2, 0.25) is 0 Å². The fourth-order valence-corrected chi connectivity index (χ4v) is 1.91. The normalized spacial score (nSPS) is 11.9. The molecule has 0 aliphatic carbocycles. The van der Waals surface area contributed by atoms with Crippen molar-refractivity contribution >= 4 is 0 Å². The maximum absolute atomic E-state index is 5.64. The van der Waals surface area contributed by atoms with E-state index in [-0.39, 0.29) is 0 Å². The number of aromatic nitrogens is 2. The van der Waals surface area contributed by atoms with Crippen LogP contribution in [0.5, 0.6) is 11.5 Å². The van der Waals surface area contributed by atoms with Gasteiger partial charge in [-0.15, -0.1) is 0 Å². The number of methoxy groups -OCH3 is 2. The number of ether oxygens (including phenoxy) is 2. The number of nitrogens with one attached hydrogen (secondary N) is 1. The van der Waals surface area contributed by atoms with Gasteiger partial charge >= 0.3 is 0 Å². The predicted octanol–water partition coefficient (Wildman–Crippen LogP) is 1.05. The van der Waals surface area contributed by atoms with E-state index in [0.29, 0.717) is 17.3 Å². The Morgan fingerprint density at radius 2 is 1.63 bits per heavy atom. The van der Waals surface area contributed by atoms with E-state index in [1.165, 1.54) is 0 Å². The van der Waals surface area contributed by atoms with Crippen LogP contribution in [0.4, 0.5) is 0 Å². The average Bonchev–Trinajstić information content (AvgIpc) is 2.49. The van der Waals surface area contributed by atoms with Crippen molar-refractivity contribution < 1.29 is 9.47 Å². The molecule has 1 unspecified atom stereocenters. The monoisotopic (exact) mass is 260 g/mol. The lowest BCUT2D eigenvalue weighted by atomic mass is 10.0. The Bertz CT molecular complexity index is 511. The third-order valence-corrected chi connectivity index (χ3v) is 2.77. The first kappa shape index (κ1) is 13.3. The van der Waals surface area contributed by atoms with Gasteiger partial charge in [0.2, 0.25) is 0 Å². The van der Waals surface area contributed by atoms with E-state index >= 15 is 0 Å². The van der Waals surface area contributed by atoms with Gasteiger partial charge in [-0.1, -0.05) is 6.07 Å². The third kappa shape index (κ3) is 2.64. The van der Waals surface area contributed by atoms with Crippen molar-refractivity contribution in [2.75, 3.05) is 14.2 Å². The molecule has 0 aliphatic heterocycles. The minimum absolute atomic E-state index is 0.410. The van der Waals surface area contributed by atoms with Crippen LogP contribution in [0.1, 0.15) is 17.4 Å². The number of hydrogen-bond donors (Lipinski definition) is 2. The number of nitrogens with zero attached hydrogens (tertiary/aromatic N) is 2. The smallest absolute Gasteiger partial charge is 0.151 e. The highest BCUT2D eigenvalue weighted by molar-refractivity contribution is 5.48. The van der Waals surface area contributed by atoms with E-state index in [4.69, 9.17) is 15.3 Å². The quantitative estimate of drug-likeness (QED) is 0.617. The summed E-state index contributed by atoms with van der Waals surface area (Å²) in [6, 6.07) is 6.86. The second-order valence-electron chi connectivity index (χ2n) is 3.78. The summed E-state index contributed by atoms with van der Waals surface area (Å²) in [5, 5.41) is 0. The van der Waals surface area contributed by atoms with E-state index in [1.54, 1.807) is 32.7 Å². The van der Waals surface area contributed by atoms with Crippen LogP contribution in [-0.2, 0) is 0 Å². The zero-order chi connectivity index (χ0) is 13.7. The van der Waals surface area contributed by atoms with Gasteiger partial charge < -0.3 is 9.47 Å². The maximum atomic E-state index is 5.64. The molecule has 0 fully saturated rings. The molecular weight excluding hydrogens is 244 g/mol. The Kier molecular flexibility index (Phi) is 4.27. The molecule has 0 radical (unpaired) electrons. The summed E-state index contributed by atoms with van der Waals surface area (Å²) in [6.07, 6.45) is 3.32. The number of hydrazine groups is 1. The number of hydrogen-bond acceptors (Lipinski definition) is 6. The van der Waals surface area contributed by atoms with Gasteiger partial charge in [-0.05, 0) is 18.2 Å². The van der Waals surface area contributed by atoms with E-state index < -0.39 is 6.04 Å². The van der Waals surface area contributed by atoms with Gasteiger partial charge in [0.05, 0.1) is 19.8 Å². The Hall–Kier alpha value is -2.18. The highest BCUT2D eigenvalue weighted by Crippen LogP contribution is 2.35. The van der Waals surface area contributed by atoms with E-state index in [2.05, 4.69) is 15.4 Å². The fraction of sp³-hybridized carbons (Fsp3) is 0.231. The molecule has 1 atom stereocenters. The van der Waals surface area contributed by atoms with Gasteiger partial charge in [0, 0.05) is 12.4 Å². The molecule has 6 heteroatoms. The van der Waals surface area contributed by atoms with Crippen LogP contribution in [0, 0.1) is 0 Å². The molecule has 1 aromatic heterocycles. The van der Waals surface area contributed by atoms with Crippen LogP contribution in [0.3, 0.4) is 0 Å². The minimum Gasteiger partial charge on any atom is -0.496 e. The van der Waals surface area contributed by atoms with Crippen molar-refractivity contribution in [3.8, 4) is 11.5 Å². The standard InChI is InChI=1S/C13H16N4O2/c1-18-9-5-3-6-10(19-2)11(9)12(17-14)13-15-7-4-8-16-13/h3-8,12,17H,14H2,1-2H3. The van der Waals surface area contributed by atoms with E-state index in [0.717, 1.165) is 5.56 Å². The molecule has 0 saturated carbocycles. The fourth-order valence-electron chi connectivity index (χ4n) is 1.91. The Morgan fingerprint density at radius 3 is 2.11 bits per heavy atom. The average molecular weight is 260 g/mol. The van der Waals surface area contributed by atoms with Crippen molar-refractivity contribution in [2.24, 2.45) is 5.84 Å². The molecule has 0 saturated heterocycles. The zero-order valence-electron chi connectivity index (χ0n) is 10.8. The summed E-state index contributed by atoms with van der Waals surface area (Å²) in [5.74, 6) is 7.52. The first-order chi connectivity index (χ1) is 9.31. The molecule has 19 heavy (non-hydrogen) atoms. The first-order valence-corrected chi connectivity index (χ1v) is 5.75. The van der Waals surface area contributed by atoms with E-state index in [9.17, 15) is 0 Å². The summed E-state index contributed by atoms with van der Waals surface area (Å²) in [4.78, 5) is 8.42. The molecule has 1 aromatic carbocycles. The van der Waals surface area contributed by atoms with Crippen molar-refractivity contribution in [2.45, 2.75) is 6.04 Å².